The number of para-hydroxylation sites is 1. The average molecular weight is 618 g/mol. The first kappa shape index (κ1) is 25.9. The Morgan fingerprint density at radius 3 is 2.68 bits per heavy atom. The standard InChI is InChI=1S/C30H27IN4O3/c1-37-27-16-20(15-25(31)28(27)38-19-23-12-6-5-11-22(23)17-32)18-33-35-29(21-9-3-2-4-10-21)34-26-14-8-7-13-24(26)30(35)36/h5-8,11-16,18,21H,2-4,9-10,19H2,1H3. The van der Waals surface area contributed by atoms with Crippen LogP contribution in [-0.4, -0.2) is 23.0 Å². The molecule has 192 valence electrons. The van der Waals surface area contributed by atoms with Crippen molar-refractivity contribution >= 4 is 39.7 Å². The minimum Gasteiger partial charge on any atom is -0.493 e. The summed E-state index contributed by atoms with van der Waals surface area (Å²) in [7, 11) is 1.58. The smallest absolute Gasteiger partial charge is 0.282 e. The minimum atomic E-state index is -0.162. The second kappa shape index (κ2) is 11.8. The van der Waals surface area contributed by atoms with Crippen molar-refractivity contribution in [3.8, 4) is 17.6 Å². The van der Waals surface area contributed by atoms with Crippen molar-refractivity contribution in [3.63, 3.8) is 0 Å². The summed E-state index contributed by atoms with van der Waals surface area (Å²) in [6.45, 7) is 0.242. The maximum Gasteiger partial charge on any atom is 0.282 e. The van der Waals surface area contributed by atoms with E-state index < -0.39 is 0 Å². The van der Waals surface area contributed by atoms with E-state index in [-0.39, 0.29) is 18.1 Å². The van der Waals surface area contributed by atoms with Crippen molar-refractivity contribution in [1.82, 2.24) is 9.66 Å². The molecule has 0 bridgehead atoms. The molecule has 7 nitrogen and oxygen atoms in total. The molecule has 0 spiro atoms. The third-order valence-electron chi connectivity index (χ3n) is 6.83. The molecule has 5 rings (SSSR count). The van der Waals surface area contributed by atoms with Crippen LogP contribution in [-0.2, 0) is 6.61 Å². The number of hydrogen-bond donors (Lipinski definition) is 0. The summed E-state index contributed by atoms with van der Waals surface area (Å²) in [5.41, 5.74) is 2.70. The normalized spacial score (nSPS) is 14.0. The molecule has 1 aromatic heterocycles. The summed E-state index contributed by atoms with van der Waals surface area (Å²) < 4.78 is 14.0. The van der Waals surface area contributed by atoms with E-state index in [1.807, 2.05) is 48.5 Å². The number of fused-ring (bicyclic) bond motifs is 1. The number of benzene rings is 3. The molecule has 0 saturated heterocycles. The Balaban J connectivity index is 1.48. The number of halogens is 1. The van der Waals surface area contributed by atoms with Gasteiger partial charge in [-0.2, -0.15) is 15.0 Å². The predicted molar refractivity (Wildman–Crippen MR) is 156 cm³/mol. The topological polar surface area (TPSA) is 89.5 Å². The fourth-order valence-corrected chi connectivity index (χ4v) is 5.64. The monoisotopic (exact) mass is 618 g/mol. The van der Waals surface area contributed by atoms with E-state index in [2.05, 4.69) is 33.8 Å². The van der Waals surface area contributed by atoms with Gasteiger partial charge < -0.3 is 9.47 Å². The highest BCUT2D eigenvalue weighted by Crippen LogP contribution is 2.35. The second-order valence-corrected chi connectivity index (χ2v) is 10.4. The van der Waals surface area contributed by atoms with E-state index in [1.165, 1.54) is 11.1 Å². The summed E-state index contributed by atoms with van der Waals surface area (Å²) in [4.78, 5) is 18.4. The maximum atomic E-state index is 13.5. The van der Waals surface area contributed by atoms with Gasteiger partial charge >= 0.3 is 0 Å². The number of hydrogen-bond acceptors (Lipinski definition) is 6. The minimum absolute atomic E-state index is 0.162. The van der Waals surface area contributed by atoms with Gasteiger partial charge in [0.05, 0.1) is 39.4 Å². The van der Waals surface area contributed by atoms with Crippen LogP contribution in [0.2, 0.25) is 0 Å². The molecule has 38 heavy (non-hydrogen) atoms. The van der Waals surface area contributed by atoms with Crippen molar-refractivity contribution in [3.05, 3.63) is 97.1 Å². The molecule has 3 aromatic carbocycles. The van der Waals surface area contributed by atoms with Crippen molar-refractivity contribution in [2.45, 2.75) is 44.6 Å². The molecule has 0 radical (unpaired) electrons. The van der Waals surface area contributed by atoms with Gasteiger partial charge in [0.1, 0.15) is 12.4 Å². The molecule has 1 saturated carbocycles. The lowest BCUT2D eigenvalue weighted by Crippen LogP contribution is -2.25. The first-order valence-electron chi connectivity index (χ1n) is 12.6. The summed E-state index contributed by atoms with van der Waals surface area (Å²) in [6, 6.07) is 20.7. The van der Waals surface area contributed by atoms with E-state index in [4.69, 9.17) is 14.5 Å². The van der Waals surface area contributed by atoms with Gasteiger partial charge in [-0.15, -0.1) is 0 Å². The lowest BCUT2D eigenvalue weighted by Gasteiger charge is -2.22. The van der Waals surface area contributed by atoms with Gasteiger partial charge in [-0.3, -0.25) is 4.79 Å². The largest absolute Gasteiger partial charge is 0.493 e. The molecule has 1 heterocycles. The van der Waals surface area contributed by atoms with E-state index in [1.54, 1.807) is 25.5 Å². The fraction of sp³-hybridized carbons (Fsp3) is 0.267. The summed E-state index contributed by atoms with van der Waals surface area (Å²) >= 11 is 2.20. The van der Waals surface area contributed by atoms with E-state index in [9.17, 15) is 10.1 Å². The molecule has 0 unspecified atom stereocenters. The maximum absolute atomic E-state index is 13.5. The molecule has 1 aliphatic carbocycles. The molecular weight excluding hydrogens is 591 g/mol. The molecule has 1 fully saturated rings. The van der Waals surface area contributed by atoms with Crippen LogP contribution in [0, 0.1) is 14.9 Å². The summed E-state index contributed by atoms with van der Waals surface area (Å²) in [5, 5.41) is 14.6. The van der Waals surface area contributed by atoms with E-state index in [0.717, 1.165) is 46.2 Å². The Bertz CT molecular complexity index is 1600. The number of aromatic nitrogens is 2. The summed E-state index contributed by atoms with van der Waals surface area (Å²) in [6.07, 6.45) is 7.16. The lowest BCUT2D eigenvalue weighted by molar-refractivity contribution is 0.282. The van der Waals surface area contributed by atoms with Gasteiger partial charge in [0.2, 0.25) is 0 Å². The van der Waals surface area contributed by atoms with Crippen LogP contribution in [0.15, 0.2) is 70.6 Å². The fourth-order valence-electron chi connectivity index (χ4n) is 4.86. The van der Waals surface area contributed by atoms with Gasteiger partial charge in [0.15, 0.2) is 11.5 Å². The van der Waals surface area contributed by atoms with Crippen LogP contribution in [0.5, 0.6) is 11.5 Å². The zero-order chi connectivity index (χ0) is 26.5. The van der Waals surface area contributed by atoms with Crippen LogP contribution in [0.1, 0.15) is 60.5 Å². The van der Waals surface area contributed by atoms with Crippen molar-refractivity contribution in [1.29, 1.82) is 5.26 Å². The van der Waals surface area contributed by atoms with Gasteiger partial charge in [0, 0.05) is 11.5 Å². The molecule has 0 aliphatic heterocycles. The average Bonchev–Trinajstić information content (AvgIpc) is 2.96. The molecule has 4 aromatic rings. The lowest BCUT2D eigenvalue weighted by atomic mass is 9.88. The van der Waals surface area contributed by atoms with E-state index in [0.29, 0.717) is 28.0 Å². The quantitative estimate of drug-likeness (QED) is 0.177. The first-order valence-corrected chi connectivity index (χ1v) is 13.7. The zero-order valence-electron chi connectivity index (χ0n) is 21.1. The van der Waals surface area contributed by atoms with Crippen LogP contribution in [0.25, 0.3) is 10.9 Å². The van der Waals surface area contributed by atoms with Crippen LogP contribution >= 0.6 is 22.6 Å². The predicted octanol–water partition coefficient (Wildman–Crippen LogP) is 6.39. The molecule has 8 heteroatoms. The number of ether oxygens (including phenoxy) is 2. The molecule has 0 atom stereocenters. The summed E-state index contributed by atoms with van der Waals surface area (Å²) in [5.74, 6) is 2.07. The van der Waals surface area contributed by atoms with Crippen molar-refractivity contribution in [2.75, 3.05) is 7.11 Å². The third-order valence-corrected chi connectivity index (χ3v) is 7.63. The molecule has 0 amide bonds. The van der Waals surface area contributed by atoms with Gasteiger partial charge in [-0.1, -0.05) is 49.6 Å². The molecule has 0 N–H and O–H groups in total. The van der Waals surface area contributed by atoms with Crippen LogP contribution < -0.4 is 15.0 Å². The third kappa shape index (κ3) is 5.43. The highest BCUT2D eigenvalue weighted by Gasteiger charge is 2.22. The van der Waals surface area contributed by atoms with E-state index >= 15 is 0 Å². The molecule has 1 aliphatic rings. The van der Waals surface area contributed by atoms with Crippen LogP contribution in [0.3, 0.4) is 0 Å². The highest BCUT2D eigenvalue weighted by molar-refractivity contribution is 14.1. The Hall–Kier alpha value is -3.71. The Kier molecular flexibility index (Phi) is 8.03. The first-order chi connectivity index (χ1) is 18.6. The number of nitriles is 1. The number of rotatable bonds is 7. The Morgan fingerprint density at radius 2 is 1.89 bits per heavy atom. The van der Waals surface area contributed by atoms with Gasteiger partial charge in [-0.25, -0.2) is 4.98 Å². The highest BCUT2D eigenvalue weighted by atomic mass is 127. The Morgan fingerprint density at radius 1 is 1.13 bits per heavy atom. The Labute approximate surface area is 234 Å². The van der Waals surface area contributed by atoms with Gasteiger partial charge in [0.25, 0.3) is 5.56 Å². The molecular formula is C30H27IN4O3. The zero-order valence-corrected chi connectivity index (χ0v) is 23.2. The number of nitrogens with zero attached hydrogens (tertiary/aromatic N) is 4. The second-order valence-electron chi connectivity index (χ2n) is 9.28. The van der Waals surface area contributed by atoms with Crippen molar-refractivity contribution < 1.29 is 9.47 Å². The van der Waals surface area contributed by atoms with Crippen LogP contribution in [0.4, 0.5) is 0 Å². The van der Waals surface area contributed by atoms with Gasteiger partial charge in [-0.05, 0) is 71.3 Å². The number of methoxy groups -OCH3 is 1. The SMILES string of the molecule is COc1cc(C=Nn2c(C3CCCCC3)nc3ccccc3c2=O)cc(I)c1OCc1ccccc1C#N. The van der Waals surface area contributed by atoms with Crippen molar-refractivity contribution in [2.24, 2.45) is 5.10 Å².